The van der Waals surface area contributed by atoms with E-state index in [-0.39, 0.29) is 18.0 Å². The van der Waals surface area contributed by atoms with E-state index < -0.39 is 6.10 Å². The Kier molecular flexibility index (Phi) is 5.65. The fourth-order valence-electron chi connectivity index (χ4n) is 2.13. The van der Waals surface area contributed by atoms with Crippen molar-refractivity contribution in [3.63, 3.8) is 0 Å². The van der Waals surface area contributed by atoms with Gasteiger partial charge in [0.1, 0.15) is 11.9 Å². The van der Waals surface area contributed by atoms with Gasteiger partial charge in [0.15, 0.2) is 5.78 Å². The first-order valence-corrected chi connectivity index (χ1v) is 7.54. The van der Waals surface area contributed by atoms with E-state index in [1.54, 1.807) is 6.07 Å². The van der Waals surface area contributed by atoms with E-state index in [0.717, 1.165) is 10.0 Å². The Balaban J connectivity index is 2.21. The van der Waals surface area contributed by atoms with Crippen molar-refractivity contribution in [2.45, 2.75) is 19.4 Å². The molecule has 0 aliphatic carbocycles. The lowest BCUT2D eigenvalue weighted by atomic mass is 10.00. The van der Waals surface area contributed by atoms with Crippen molar-refractivity contribution in [3.8, 4) is 0 Å². The molecule has 21 heavy (non-hydrogen) atoms. The van der Waals surface area contributed by atoms with Gasteiger partial charge in [-0.1, -0.05) is 46.3 Å². The van der Waals surface area contributed by atoms with Gasteiger partial charge in [-0.3, -0.25) is 4.79 Å². The minimum absolute atomic E-state index is 0.0886. The molecule has 0 N–H and O–H groups in total. The molecule has 0 spiro atoms. The zero-order chi connectivity index (χ0) is 15.2. The van der Waals surface area contributed by atoms with Gasteiger partial charge in [-0.15, -0.1) is 0 Å². The van der Waals surface area contributed by atoms with Gasteiger partial charge >= 0.3 is 0 Å². The highest BCUT2D eigenvalue weighted by molar-refractivity contribution is 9.10. The third-order valence-electron chi connectivity index (χ3n) is 3.10. The minimum atomic E-state index is -0.619. The topological polar surface area (TPSA) is 26.3 Å². The van der Waals surface area contributed by atoms with Crippen LogP contribution in [0, 0.1) is 5.82 Å². The molecule has 1 unspecified atom stereocenters. The Morgan fingerprint density at radius 2 is 1.95 bits per heavy atom. The molecule has 0 fully saturated rings. The van der Waals surface area contributed by atoms with E-state index in [4.69, 9.17) is 4.74 Å². The van der Waals surface area contributed by atoms with E-state index in [2.05, 4.69) is 15.9 Å². The van der Waals surface area contributed by atoms with Gasteiger partial charge in [0.2, 0.25) is 0 Å². The number of rotatable bonds is 6. The number of hydrogen-bond acceptors (Lipinski definition) is 2. The first-order valence-electron chi connectivity index (χ1n) is 6.75. The first-order chi connectivity index (χ1) is 10.1. The van der Waals surface area contributed by atoms with Crippen LogP contribution >= 0.6 is 15.9 Å². The molecule has 2 aromatic rings. The molecule has 2 rings (SSSR count). The monoisotopic (exact) mass is 350 g/mol. The quantitative estimate of drug-likeness (QED) is 0.767. The zero-order valence-electron chi connectivity index (χ0n) is 11.7. The van der Waals surface area contributed by atoms with Crippen LogP contribution in [0.3, 0.4) is 0 Å². The number of carbonyl (C=O) groups is 1. The number of benzene rings is 2. The minimum Gasteiger partial charge on any atom is -0.366 e. The fourth-order valence-corrected chi connectivity index (χ4v) is 2.52. The lowest BCUT2D eigenvalue weighted by Crippen LogP contribution is -2.18. The summed E-state index contributed by atoms with van der Waals surface area (Å²) in [6.07, 6.45) is -0.496. The predicted molar refractivity (Wildman–Crippen MR) is 83.6 cm³/mol. The lowest BCUT2D eigenvalue weighted by Gasteiger charge is -2.16. The van der Waals surface area contributed by atoms with Gasteiger partial charge in [0.25, 0.3) is 0 Å². The predicted octanol–water partition coefficient (Wildman–Crippen LogP) is 4.48. The fraction of sp³-hybridized carbons (Fsp3) is 0.235. The molecule has 4 heteroatoms. The highest BCUT2D eigenvalue weighted by Gasteiger charge is 2.21. The average Bonchev–Trinajstić information content (AvgIpc) is 2.49. The van der Waals surface area contributed by atoms with E-state index in [1.807, 2.05) is 37.3 Å². The third kappa shape index (κ3) is 4.22. The summed E-state index contributed by atoms with van der Waals surface area (Å²) >= 11 is 3.34. The molecule has 0 aliphatic heterocycles. The molecule has 0 amide bonds. The van der Waals surface area contributed by atoms with Crippen LogP contribution in [0.15, 0.2) is 53.0 Å². The van der Waals surface area contributed by atoms with Gasteiger partial charge in [-0.2, -0.15) is 0 Å². The SMILES string of the molecule is CCOC(C(=O)Cc1cc(F)ccc1Br)c1ccccc1. The van der Waals surface area contributed by atoms with Crippen molar-refractivity contribution >= 4 is 21.7 Å². The number of ketones is 1. The van der Waals surface area contributed by atoms with E-state index in [0.29, 0.717) is 12.2 Å². The molecule has 0 saturated carbocycles. The zero-order valence-corrected chi connectivity index (χ0v) is 13.3. The number of Topliss-reactive ketones (excluding diaryl/α,β-unsaturated/α-hetero) is 1. The van der Waals surface area contributed by atoms with Gasteiger partial charge in [0, 0.05) is 17.5 Å². The largest absolute Gasteiger partial charge is 0.366 e. The molecule has 0 bridgehead atoms. The summed E-state index contributed by atoms with van der Waals surface area (Å²) in [5.41, 5.74) is 1.44. The van der Waals surface area contributed by atoms with Gasteiger partial charge in [-0.05, 0) is 36.2 Å². The Labute approximate surface area is 132 Å². The van der Waals surface area contributed by atoms with Crippen molar-refractivity contribution in [2.75, 3.05) is 6.61 Å². The number of ether oxygens (including phenoxy) is 1. The molecule has 0 aliphatic rings. The van der Waals surface area contributed by atoms with Crippen LogP contribution in [-0.2, 0) is 16.0 Å². The molecule has 1 atom stereocenters. The van der Waals surface area contributed by atoms with Crippen LogP contribution < -0.4 is 0 Å². The smallest absolute Gasteiger partial charge is 0.170 e. The Hall–Kier alpha value is -1.52. The maximum atomic E-state index is 13.3. The molecule has 110 valence electrons. The maximum Gasteiger partial charge on any atom is 0.170 e. The maximum absolute atomic E-state index is 13.3. The second kappa shape index (κ2) is 7.48. The Bertz CT molecular complexity index is 613. The average molecular weight is 351 g/mol. The van der Waals surface area contributed by atoms with Crippen LogP contribution in [0.2, 0.25) is 0 Å². The van der Waals surface area contributed by atoms with Crippen LogP contribution in [-0.4, -0.2) is 12.4 Å². The molecule has 0 radical (unpaired) electrons. The summed E-state index contributed by atoms with van der Waals surface area (Å²) in [5, 5.41) is 0. The highest BCUT2D eigenvalue weighted by Crippen LogP contribution is 2.24. The van der Waals surface area contributed by atoms with Crippen LogP contribution in [0.25, 0.3) is 0 Å². The summed E-state index contributed by atoms with van der Waals surface area (Å²) in [7, 11) is 0. The van der Waals surface area contributed by atoms with Crippen molar-refractivity contribution in [1.82, 2.24) is 0 Å². The van der Waals surface area contributed by atoms with Crippen LogP contribution in [0.1, 0.15) is 24.2 Å². The van der Waals surface area contributed by atoms with Crippen molar-refractivity contribution < 1.29 is 13.9 Å². The molecule has 0 aromatic heterocycles. The summed E-state index contributed by atoms with van der Waals surface area (Å²) in [4.78, 5) is 12.5. The van der Waals surface area contributed by atoms with E-state index >= 15 is 0 Å². The van der Waals surface area contributed by atoms with E-state index in [9.17, 15) is 9.18 Å². The number of halogens is 2. The molecule has 0 saturated heterocycles. The normalized spacial score (nSPS) is 12.1. The molecule has 2 aromatic carbocycles. The Morgan fingerprint density at radius 1 is 1.24 bits per heavy atom. The molecule has 2 nitrogen and oxygen atoms in total. The highest BCUT2D eigenvalue weighted by atomic mass is 79.9. The second-order valence-electron chi connectivity index (χ2n) is 4.62. The van der Waals surface area contributed by atoms with Gasteiger partial charge in [0.05, 0.1) is 0 Å². The standard InChI is InChI=1S/C17H16BrFO2/c1-2-21-17(12-6-4-3-5-7-12)16(20)11-13-10-14(19)8-9-15(13)18/h3-10,17H,2,11H2,1H3. The lowest BCUT2D eigenvalue weighted by molar-refractivity contribution is -0.130. The van der Waals surface area contributed by atoms with Crippen molar-refractivity contribution in [2.24, 2.45) is 0 Å². The first kappa shape index (κ1) is 15.9. The van der Waals surface area contributed by atoms with Crippen molar-refractivity contribution in [3.05, 3.63) is 69.9 Å². The van der Waals surface area contributed by atoms with Crippen molar-refractivity contribution in [1.29, 1.82) is 0 Å². The van der Waals surface area contributed by atoms with E-state index in [1.165, 1.54) is 12.1 Å². The van der Waals surface area contributed by atoms with Gasteiger partial charge < -0.3 is 4.74 Å². The Morgan fingerprint density at radius 3 is 2.62 bits per heavy atom. The van der Waals surface area contributed by atoms with Gasteiger partial charge in [-0.25, -0.2) is 4.39 Å². The number of hydrogen-bond donors (Lipinski definition) is 0. The number of carbonyl (C=O) groups excluding carboxylic acids is 1. The molecule has 0 heterocycles. The summed E-state index contributed by atoms with van der Waals surface area (Å²) in [5.74, 6) is -0.442. The third-order valence-corrected chi connectivity index (χ3v) is 3.87. The second-order valence-corrected chi connectivity index (χ2v) is 5.48. The molecular weight excluding hydrogens is 335 g/mol. The molecular formula is C17H16BrFO2. The summed E-state index contributed by atoms with van der Waals surface area (Å²) in [6.45, 7) is 2.29. The summed E-state index contributed by atoms with van der Waals surface area (Å²) in [6, 6.07) is 13.7. The van der Waals surface area contributed by atoms with Crippen LogP contribution in [0.5, 0.6) is 0 Å². The summed E-state index contributed by atoms with van der Waals surface area (Å²) < 4.78 is 19.6. The van der Waals surface area contributed by atoms with Crippen LogP contribution in [0.4, 0.5) is 4.39 Å².